The molecule has 0 bridgehead atoms. The number of aryl methyl sites for hydroxylation is 1. The van der Waals surface area contributed by atoms with Crippen LogP contribution in [0.5, 0.6) is 11.5 Å². The normalized spacial score (nSPS) is 14.0. The highest BCUT2D eigenvalue weighted by molar-refractivity contribution is 7.12. The molecule has 0 aliphatic carbocycles. The molecule has 8 heteroatoms. The van der Waals surface area contributed by atoms with E-state index in [0.717, 1.165) is 22.4 Å². The zero-order chi connectivity index (χ0) is 19.8. The summed E-state index contributed by atoms with van der Waals surface area (Å²) in [5.74, 6) is 1.36. The third-order valence-electron chi connectivity index (χ3n) is 4.73. The number of amides is 1. The Balaban J connectivity index is 1.39. The van der Waals surface area contributed by atoms with Crippen LogP contribution < -0.4 is 10.1 Å². The molecule has 3 aromatic heterocycles. The molecule has 1 aromatic carbocycles. The van der Waals surface area contributed by atoms with Gasteiger partial charge in [-0.2, -0.15) is 5.10 Å². The summed E-state index contributed by atoms with van der Waals surface area (Å²) in [4.78, 5) is 17.5. The van der Waals surface area contributed by atoms with Crippen LogP contribution in [-0.4, -0.2) is 39.9 Å². The Morgan fingerprint density at radius 1 is 1.28 bits per heavy atom. The summed E-state index contributed by atoms with van der Waals surface area (Å²) in [5.41, 5.74) is 2.57. The van der Waals surface area contributed by atoms with Gasteiger partial charge in [-0.15, -0.1) is 11.3 Å². The number of ether oxygens (including phenoxy) is 2. The summed E-state index contributed by atoms with van der Waals surface area (Å²) in [6.45, 7) is 3.15. The summed E-state index contributed by atoms with van der Waals surface area (Å²) in [5, 5.41) is 10.2. The Morgan fingerprint density at radius 3 is 2.93 bits per heavy atom. The van der Waals surface area contributed by atoms with E-state index in [1.54, 1.807) is 17.1 Å². The van der Waals surface area contributed by atoms with Crippen molar-refractivity contribution < 1.29 is 14.3 Å². The quantitative estimate of drug-likeness (QED) is 0.547. The van der Waals surface area contributed by atoms with Crippen molar-refractivity contribution in [3.05, 3.63) is 64.6 Å². The van der Waals surface area contributed by atoms with Crippen molar-refractivity contribution in [3.8, 4) is 17.2 Å². The summed E-state index contributed by atoms with van der Waals surface area (Å²) in [6, 6.07) is 11.7. The number of hydrogen-bond donors (Lipinski definition) is 1. The average molecular weight is 406 g/mol. The van der Waals surface area contributed by atoms with Crippen molar-refractivity contribution in [2.45, 2.75) is 13.0 Å². The summed E-state index contributed by atoms with van der Waals surface area (Å²) >= 11 is 1.38. The molecule has 1 saturated heterocycles. The van der Waals surface area contributed by atoms with Crippen molar-refractivity contribution in [3.63, 3.8) is 0 Å². The molecule has 1 fully saturated rings. The summed E-state index contributed by atoms with van der Waals surface area (Å²) in [7, 11) is 0. The number of fused-ring (bicyclic) bond motifs is 1. The highest BCUT2D eigenvalue weighted by atomic mass is 32.1. The second-order valence-corrected chi connectivity index (χ2v) is 7.80. The Kier molecular flexibility index (Phi) is 4.49. The third kappa shape index (κ3) is 3.48. The summed E-state index contributed by atoms with van der Waals surface area (Å²) in [6.07, 6.45) is 3.43. The number of benzene rings is 1. The minimum absolute atomic E-state index is 0.0899. The van der Waals surface area contributed by atoms with Gasteiger partial charge >= 0.3 is 0 Å². The number of hydrogen-bond acceptors (Lipinski definition) is 6. The molecule has 0 saturated carbocycles. The number of aromatic nitrogens is 3. The van der Waals surface area contributed by atoms with Gasteiger partial charge in [0.05, 0.1) is 42.2 Å². The lowest BCUT2D eigenvalue weighted by atomic mass is 10.2. The largest absolute Gasteiger partial charge is 0.455 e. The molecule has 29 heavy (non-hydrogen) atoms. The van der Waals surface area contributed by atoms with Gasteiger partial charge in [-0.05, 0) is 30.7 Å². The van der Waals surface area contributed by atoms with Crippen LogP contribution in [0, 0.1) is 6.92 Å². The molecular weight excluding hydrogens is 388 g/mol. The van der Waals surface area contributed by atoms with E-state index in [-0.39, 0.29) is 11.9 Å². The van der Waals surface area contributed by atoms with Crippen molar-refractivity contribution in [1.29, 1.82) is 0 Å². The number of pyridine rings is 1. The number of carbonyl (C=O) groups is 1. The van der Waals surface area contributed by atoms with Crippen LogP contribution >= 0.6 is 11.3 Å². The zero-order valence-corrected chi connectivity index (χ0v) is 16.5. The molecule has 1 N–H and O–H groups in total. The number of para-hydroxylation sites is 1. The average Bonchev–Trinajstić information content (AvgIpc) is 3.33. The van der Waals surface area contributed by atoms with E-state index in [2.05, 4.69) is 15.4 Å². The second kappa shape index (κ2) is 7.31. The first-order valence-electron chi connectivity index (χ1n) is 9.22. The van der Waals surface area contributed by atoms with Crippen LogP contribution in [-0.2, 0) is 4.74 Å². The molecule has 4 aromatic rings. The van der Waals surface area contributed by atoms with Gasteiger partial charge in [0, 0.05) is 10.8 Å². The number of nitrogens with zero attached hydrogens (tertiary/aromatic N) is 3. The molecule has 5 rings (SSSR count). The highest BCUT2D eigenvalue weighted by Crippen LogP contribution is 2.28. The second-order valence-electron chi connectivity index (χ2n) is 6.88. The lowest BCUT2D eigenvalue weighted by molar-refractivity contribution is -0.00338. The van der Waals surface area contributed by atoms with Crippen LogP contribution in [0.2, 0.25) is 0 Å². The summed E-state index contributed by atoms with van der Waals surface area (Å²) < 4.78 is 12.8. The van der Waals surface area contributed by atoms with Gasteiger partial charge in [-0.3, -0.25) is 4.79 Å². The smallest absolute Gasteiger partial charge is 0.261 e. The van der Waals surface area contributed by atoms with Crippen LogP contribution in [0.25, 0.3) is 16.7 Å². The van der Waals surface area contributed by atoms with Gasteiger partial charge in [0.25, 0.3) is 5.91 Å². The third-order valence-corrected chi connectivity index (χ3v) is 5.65. The molecule has 0 spiro atoms. The van der Waals surface area contributed by atoms with Gasteiger partial charge in [0.15, 0.2) is 5.65 Å². The molecule has 4 heterocycles. The molecule has 1 aliphatic rings. The lowest BCUT2D eigenvalue weighted by Crippen LogP contribution is -2.48. The molecule has 7 nitrogen and oxygen atoms in total. The number of rotatable bonds is 5. The van der Waals surface area contributed by atoms with Crippen LogP contribution in [0.15, 0.2) is 54.2 Å². The van der Waals surface area contributed by atoms with E-state index in [1.165, 1.54) is 11.3 Å². The number of nitrogens with one attached hydrogen (secondary N) is 1. The van der Waals surface area contributed by atoms with Crippen LogP contribution in [0.1, 0.15) is 15.2 Å². The minimum atomic E-state index is -0.0899. The first-order valence-corrected chi connectivity index (χ1v) is 10.1. The van der Waals surface area contributed by atoms with Crippen LogP contribution in [0.3, 0.4) is 0 Å². The van der Waals surface area contributed by atoms with E-state index >= 15 is 0 Å². The van der Waals surface area contributed by atoms with Crippen molar-refractivity contribution in [2.75, 3.05) is 13.2 Å². The maximum atomic E-state index is 12.3. The Morgan fingerprint density at radius 2 is 2.14 bits per heavy atom. The lowest BCUT2D eigenvalue weighted by Gasteiger charge is -2.26. The molecule has 0 atom stereocenters. The highest BCUT2D eigenvalue weighted by Gasteiger charge is 2.22. The van der Waals surface area contributed by atoms with E-state index in [0.29, 0.717) is 29.5 Å². The van der Waals surface area contributed by atoms with Gasteiger partial charge in [0.2, 0.25) is 0 Å². The van der Waals surface area contributed by atoms with Crippen molar-refractivity contribution >= 4 is 28.3 Å². The van der Waals surface area contributed by atoms with E-state index in [4.69, 9.17) is 9.47 Å². The van der Waals surface area contributed by atoms with Gasteiger partial charge in [-0.25, -0.2) is 9.67 Å². The fourth-order valence-electron chi connectivity index (χ4n) is 3.08. The molecule has 0 radical (unpaired) electrons. The molecule has 1 aliphatic heterocycles. The van der Waals surface area contributed by atoms with Gasteiger partial charge < -0.3 is 14.8 Å². The molecule has 146 valence electrons. The van der Waals surface area contributed by atoms with Gasteiger partial charge in [0.1, 0.15) is 11.5 Å². The minimum Gasteiger partial charge on any atom is -0.455 e. The fourth-order valence-corrected chi connectivity index (χ4v) is 3.85. The van der Waals surface area contributed by atoms with E-state index < -0.39 is 0 Å². The number of carbonyl (C=O) groups excluding carboxylic acids is 1. The number of thiophene rings is 1. The standard InChI is InChI=1S/C21H18N4O3S/c1-13-4-2-3-5-18(13)28-17-6-14-8-23-25(20(14)22-9-17)16-7-19(29-12-16)21(26)24-15-10-27-11-15/h2-9,12,15H,10-11H2,1H3,(H,24,26). The maximum absolute atomic E-state index is 12.3. The topological polar surface area (TPSA) is 78.3 Å². The van der Waals surface area contributed by atoms with Crippen molar-refractivity contribution in [1.82, 2.24) is 20.1 Å². The van der Waals surface area contributed by atoms with E-state index in [1.807, 2.05) is 48.7 Å². The molecular formula is C21H18N4O3S. The SMILES string of the molecule is Cc1ccccc1Oc1cnc2c(cnn2-c2csc(C(=O)NC3COC3)c2)c1. The zero-order valence-electron chi connectivity index (χ0n) is 15.7. The van der Waals surface area contributed by atoms with E-state index in [9.17, 15) is 4.79 Å². The van der Waals surface area contributed by atoms with Crippen LogP contribution in [0.4, 0.5) is 0 Å². The predicted octanol–water partition coefficient (Wildman–Crippen LogP) is 3.71. The monoisotopic (exact) mass is 406 g/mol. The first kappa shape index (κ1) is 17.8. The fraction of sp³-hybridized carbons (Fsp3) is 0.190. The first-order chi connectivity index (χ1) is 14.2. The van der Waals surface area contributed by atoms with Gasteiger partial charge in [-0.1, -0.05) is 18.2 Å². The molecule has 0 unspecified atom stereocenters. The maximum Gasteiger partial charge on any atom is 0.261 e. The predicted molar refractivity (Wildman–Crippen MR) is 110 cm³/mol. The Bertz CT molecular complexity index is 1200. The Labute approximate surface area is 170 Å². The van der Waals surface area contributed by atoms with Crippen molar-refractivity contribution in [2.24, 2.45) is 0 Å². The Hall–Kier alpha value is -3.23. The molecule has 1 amide bonds.